The lowest BCUT2D eigenvalue weighted by Gasteiger charge is -2.39. The Labute approximate surface area is 126 Å². The lowest BCUT2D eigenvalue weighted by molar-refractivity contribution is 0.141. The van der Waals surface area contributed by atoms with Crippen LogP contribution in [0.5, 0.6) is 0 Å². The van der Waals surface area contributed by atoms with Gasteiger partial charge in [0, 0.05) is 34.3 Å². The van der Waals surface area contributed by atoms with Crippen molar-refractivity contribution in [2.75, 3.05) is 13.1 Å². The largest absolute Gasteiger partial charge is 0.368 e. The van der Waals surface area contributed by atoms with Crippen LogP contribution in [0.25, 0.3) is 10.9 Å². The number of nitrogens with one attached hydrogen (secondary N) is 2. The van der Waals surface area contributed by atoms with E-state index in [4.69, 9.17) is 0 Å². The Balaban J connectivity index is 1.93. The number of fused-ring (bicyclic) bond motifs is 2. The number of hydrogen-bond acceptors (Lipinski definition) is 4. The summed E-state index contributed by atoms with van der Waals surface area (Å²) in [5.41, 5.74) is 7.07. The molecule has 0 amide bonds. The van der Waals surface area contributed by atoms with E-state index < -0.39 is 6.23 Å². The van der Waals surface area contributed by atoms with E-state index in [0.717, 1.165) is 53.8 Å². The van der Waals surface area contributed by atoms with E-state index in [2.05, 4.69) is 27.3 Å². The number of rotatable bonds is 0. The molecule has 1 fully saturated rings. The van der Waals surface area contributed by atoms with Crippen molar-refractivity contribution in [3.63, 3.8) is 0 Å². The Morgan fingerprint density at radius 1 is 1.45 bits per heavy atom. The first-order chi connectivity index (χ1) is 10.6. The van der Waals surface area contributed by atoms with E-state index >= 15 is 0 Å². The molecule has 1 aromatic carbocycles. The number of halogens is 1. The van der Waals surface area contributed by atoms with Crippen LogP contribution in [0.3, 0.4) is 0 Å². The van der Waals surface area contributed by atoms with Gasteiger partial charge in [0.2, 0.25) is 0 Å². The molecule has 0 radical (unpaired) electrons. The zero-order valence-electron chi connectivity index (χ0n) is 12.3. The Bertz CT molecular complexity index is 842. The molecule has 22 heavy (non-hydrogen) atoms. The van der Waals surface area contributed by atoms with Crippen LogP contribution in [0.1, 0.15) is 42.8 Å². The average molecular weight is 300 g/mol. The summed E-state index contributed by atoms with van der Waals surface area (Å²) < 4.78 is 13.9. The van der Waals surface area contributed by atoms with Gasteiger partial charge in [0.1, 0.15) is 5.82 Å². The summed E-state index contributed by atoms with van der Waals surface area (Å²) in [6.07, 6.45) is 1.24. The highest BCUT2D eigenvalue weighted by Gasteiger charge is 2.46. The minimum Gasteiger partial charge on any atom is -0.368 e. The van der Waals surface area contributed by atoms with Crippen molar-refractivity contribution in [3.05, 3.63) is 34.8 Å². The minimum atomic E-state index is -0.987. The van der Waals surface area contributed by atoms with E-state index in [1.165, 1.54) is 12.1 Å². The first kappa shape index (κ1) is 12.6. The molecule has 1 unspecified atom stereocenters. The molecule has 5 nitrogen and oxygen atoms in total. The number of hydrazone groups is 1. The quantitative estimate of drug-likeness (QED) is 0.696. The van der Waals surface area contributed by atoms with Gasteiger partial charge in [-0.25, -0.2) is 4.39 Å². The number of aromatic nitrogens is 1. The van der Waals surface area contributed by atoms with Crippen molar-refractivity contribution in [3.8, 4) is 0 Å². The second-order valence-corrected chi connectivity index (χ2v) is 6.68. The summed E-state index contributed by atoms with van der Waals surface area (Å²) in [4.78, 5) is 5.84. The topological polar surface area (TPSA) is 63.6 Å². The van der Waals surface area contributed by atoms with Gasteiger partial charge in [0.25, 0.3) is 0 Å². The smallest absolute Gasteiger partial charge is 0.166 e. The Morgan fingerprint density at radius 2 is 2.32 bits per heavy atom. The van der Waals surface area contributed by atoms with Gasteiger partial charge in [-0.1, -0.05) is 0 Å². The van der Waals surface area contributed by atoms with Crippen molar-refractivity contribution < 1.29 is 9.50 Å². The highest BCUT2D eigenvalue weighted by molar-refractivity contribution is 6.15. The molecule has 4 heterocycles. The maximum Gasteiger partial charge on any atom is 0.166 e. The zero-order chi connectivity index (χ0) is 15.1. The highest BCUT2D eigenvalue weighted by Crippen LogP contribution is 2.46. The lowest BCUT2D eigenvalue weighted by Crippen LogP contribution is -2.47. The van der Waals surface area contributed by atoms with Crippen molar-refractivity contribution in [1.29, 1.82) is 0 Å². The number of nitrogens with zero attached hydrogens (tertiary/aromatic N) is 2. The predicted octanol–water partition coefficient (Wildman–Crippen LogP) is 1.93. The monoisotopic (exact) mass is 300 g/mol. The summed E-state index contributed by atoms with van der Waals surface area (Å²) in [5, 5.41) is 15.6. The van der Waals surface area contributed by atoms with Gasteiger partial charge in [0.05, 0.1) is 11.3 Å². The molecule has 1 aromatic heterocycles. The fraction of sp³-hybridized carbons (Fsp3) is 0.438. The van der Waals surface area contributed by atoms with Gasteiger partial charge in [-0.15, -0.1) is 0 Å². The summed E-state index contributed by atoms with van der Waals surface area (Å²) in [7, 11) is 0. The van der Waals surface area contributed by atoms with Crippen molar-refractivity contribution in [2.24, 2.45) is 5.10 Å². The second kappa shape index (κ2) is 3.88. The molecule has 0 spiro atoms. The third kappa shape index (κ3) is 1.37. The molecular formula is C16H17FN4O. The molecule has 0 saturated carbocycles. The van der Waals surface area contributed by atoms with E-state index in [1.807, 2.05) is 0 Å². The van der Waals surface area contributed by atoms with E-state index in [9.17, 15) is 9.50 Å². The molecule has 3 aliphatic rings. The highest BCUT2D eigenvalue weighted by atomic mass is 19.1. The molecule has 2 aromatic rings. The molecule has 1 saturated heterocycles. The predicted molar refractivity (Wildman–Crippen MR) is 81.0 cm³/mol. The average Bonchev–Trinajstić information content (AvgIpc) is 3.00. The fourth-order valence-corrected chi connectivity index (χ4v) is 4.35. The van der Waals surface area contributed by atoms with E-state index in [-0.39, 0.29) is 11.4 Å². The standard InChI is InChI=1S/C16H17FN4O/c1-16-3-2-4-21(16)7-11-13-12-9(15(22)20-19-11)5-8(17)6-10(12)18-14(13)16/h5-6,15,18,20,22H,2-4,7H2,1H3/t15?,16-/m1/s1. The zero-order valence-corrected chi connectivity index (χ0v) is 12.3. The summed E-state index contributed by atoms with van der Waals surface area (Å²) in [5.74, 6) is -0.348. The Kier molecular flexibility index (Phi) is 2.22. The first-order valence-electron chi connectivity index (χ1n) is 7.69. The Hall–Kier alpha value is -1.92. The fourth-order valence-electron chi connectivity index (χ4n) is 4.35. The van der Waals surface area contributed by atoms with Crippen molar-refractivity contribution in [1.82, 2.24) is 15.3 Å². The number of aliphatic hydroxyl groups excluding tert-OH is 1. The molecule has 0 bridgehead atoms. The number of benzene rings is 1. The van der Waals surface area contributed by atoms with E-state index in [0.29, 0.717) is 5.56 Å². The van der Waals surface area contributed by atoms with Crippen molar-refractivity contribution in [2.45, 2.75) is 31.5 Å². The maximum absolute atomic E-state index is 13.9. The van der Waals surface area contributed by atoms with Crippen LogP contribution in [0.4, 0.5) is 4.39 Å². The van der Waals surface area contributed by atoms with Gasteiger partial charge < -0.3 is 10.1 Å². The third-order valence-corrected chi connectivity index (χ3v) is 5.47. The third-order valence-electron chi connectivity index (χ3n) is 5.47. The number of aliphatic hydroxyl groups is 1. The Morgan fingerprint density at radius 3 is 3.18 bits per heavy atom. The molecule has 5 rings (SSSR count). The summed E-state index contributed by atoms with van der Waals surface area (Å²) in [6, 6.07) is 2.91. The van der Waals surface area contributed by atoms with Crippen LogP contribution < -0.4 is 5.43 Å². The van der Waals surface area contributed by atoms with Crippen molar-refractivity contribution >= 4 is 16.6 Å². The van der Waals surface area contributed by atoms with Crippen LogP contribution in [-0.4, -0.2) is 33.8 Å². The second-order valence-electron chi connectivity index (χ2n) is 6.68. The van der Waals surface area contributed by atoms with Gasteiger partial charge in [0.15, 0.2) is 6.23 Å². The van der Waals surface area contributed by atoms with Gasteiger partial charge in [-0.05, 0) is 38.4 Å². The van der Waals surface area contributed by atoms with Crippen LogP contribution in [0, 0.1) is 5.82 Å². The van der Waals surface area contributed by atoms with Crippen LogP contribution in [0.15, 0.2) is 17.2 Å². The van der Waals surface area contributed by atoms with Crippen LogP contribution >= 0.6 is 0 Å². The minimum absolute atomic E-state index is 0.0591. The molecule has 3 N–H and O–H groups in total. The first-order valence-corrected chi connectivity index (χ1v) is 7.69. The van der Waals surface area contributed by atoms with Gasteiger partial charge in [-0.2, -0.15) is 5.10 Å². The number of hydrogen-bond donors (Lipinski definition) is 3. The summed E-state index contributed by atoms with van der Waals surface area (Å²) in [6.45, 7) is 4.03. The number of H-pyrrole nitrogens is 1. The van der Waals surface area contributed by atoms with Crippen LogP contribution in [0.2, 0.25) is 0 Å². The van der Waals surface area contributed by atoms with Gasteiger partial charge in [-0.3, -0.25) is 10.3 Å². The molecule has 0 aliphatic carbocycles. The molecular weight excluding hydrogens is 283 g/mol. The molecule has 2 atom stereocenters. The lowest BCUT2D eigenvalue weighted by atomic mass is 9.85. The molecule has 3 aliphatic heterocycles. The normalized spacial score (nSPS) is 30.0. The van der Waals surface area contributed by atoms with Crippen LogP contribution in [-0.2, 0) is 5.54 Å². The maximum atomic E-state index is 13.9. The molecule has 6 heteroatoms. The summed E-state index contributed by atoms with van der Waals surface area (Å²) >= 11 is 0. The van der Waals surface area contributed by atoms with E-state index in [1.54, 1.807) is 0 Å². The van der Waals surface area contributed by atoms with Gasteiger partial charge >= 0.3 is 0 Å². The molecule has 114 valence electrons. The SMILES string of the molecule is C[C@]12CCCN1CC1=NNC(O)c3cc(F)cc4[nH]c2c1c34. The number of aromatic amines is 1.